The lowest BCUT2D eigenvalue weighted by atomic mass is 10.6. The Labute approximate surface area is 105 Å². The summed E-state index contributed by atoms with van der Waals surface area (Å²) in [4.78, 5) is 7.86. The van der Waals surface area contributed by atoms with Crippen molar-refractivity contribution in [3.05, 3.63) is 15.4 Å². The average molecular weight is 359 g/mol. The molecule has 84 valence electrons. The number of anilines is 1. The van der Waals surface area contributed by atoms with E-state index in [2.05, 4.69) is 46.5 Å². The molecule has 0 amide bonds. The normalized spacial score (nSPS) is 11.4. The van der Waals surface area contributed by atoms with Crippen molar-refractivity contribution >= 4 is 47.7 Å². The van der Waals surface area contributed by atoms with Crippen molar-refractivity contribution in [2.45, 2.75) is 13.3 Å². The van der Waals surface area contributed by atoms with Gasteiger partial charge >= 0.3 is 0 Å². The van der Waals surface area contributed by atoms with Gasteiger partial charge in [0.1, 0.15) is 4.60 Å². The van der Waals surface area contributed by atoms with Crippen molar-refractivity contribution in [3.63, 3.8) is 0 Å². The molecule has 1 heterocycles. The predicted molar refractivity (Wildman–Crippen MR) is 65.1 cm³/mol. The molecule has 0 spiro atoms. The van der Waals surface area contributed by atoms with Crippen molar-refractivity contribution < 1.29 is 8.42 Å². The topological polar surface area (TPSA) is 72.0 Å². The molecule has 15 heavy (non-hydrogen) atoms. The van der Waals surface area contributed by atoms with Crippen LogP contribution >= 0.6 is 31.9 Å². The van der Waals surface area contributed by atoms with Crippen LogP contribution in [0.2, 0.25) is 0 Å². The standard InChI is InChI=1S/C7H9Br2N3O2S/c1-2-3-15(13,14)12-7-6(9)11-5(8)4-10-7/h4H,2-3H2,1H3,(H,10,12). The number of hydrogen-bond donors (Lipinski definition) is 1. The monoisotopic (exact) mass is 357 g/mol. The molecule has 0 radical (unpaired) electrons. The molecule has 0 bridgehead atoms. The summed E-state index contributed by atoms with van der Waals surface area (Å²) in [6, 6.07) is 0. The fourth-order valence-electron chi connectivity index (χ4n) is 0.882. The second kappa shape index (κ2) is 5.22. The SMILES string of the molecule is CCCS(=O)(=O)Nc1ncc(Br)nc1Br. The van der Waals surface area contributed by atoms with E-state index in [0.717, 1.165) is 0 Å². The van der Waals surface area contributed by atoms with Gasteiger partial charge < -0.3 is 0 Å². The number of hydrogen-bond acceptors (Lipinski definition) is 4. The van der Waals surface area contributed by atoms with Crippen LogP contribution in [0.15, 0.2) is 15.4 Å². The smallest absolute Gasteiger partial charge is 0.233 e. The molecule has 0 saturated carbocycles. The van der Waals surface area contributed by atoms with E-state index < -0.39 is 10.0 Å². The first-order valence-electron chi connectivity index (χ1n) is 4.13. The first kappa shape index (κ1) is 12.9. The summed E-state index contributed by atoms with van der Waals surface area (Å²) < 4.78 is 26.1. The number of sulfonamides is 1. The molecule has 0 unspecified atom stereocenters. The van der Waals surface area contributed by atoms with Crippen LogP contribution in [0.1, 0.15) is 13.3 Å². The van der Waals surface area contributed by atoms with E-state index in [-0.39, 0.29) is 11.6 Å². The highest BCUT2D eigenvalue weighted by Crippen LogP contribution is 2.20. The van der Waals surface area contributed by atoms with Crippen molar-refractivity contribution in [2.24, 2.45) is 0 Å². The summed E-state index contributed by atoms with van der Waals surface area (Å²) in [5, 5.41) is 0. The maximum Gasteiger partial charge on any atom is 0.233 e. The molecule has 1 rings (SSSR count). The summed E-state index contributed by atoms with van der Waals surface area (Å²) in [6.07, 6.45) is 1.98. The highest BCUT2D eigenvalue weighted by molar-refractivity contribution is 9.11. The Morgan fingerprint density at radius 1 is 1.47 bits per heavy atom. The van der Waals surface area contributed by atoms with Gasteiger partial charge in [-0.2, -0.15) is 0 Å². The molecule has 1 aromatic rings. The van der Waals surface area contributed by atoms with E-state index >= 15 is 0 Å². The molecule has 0 aliphatic heterocycles. The molecule has 0 aliphatic rings. The zero-order valence-electron chi connectivity index (χ0n) is 7.87. The van der Waals surface area contributed by atoms with Crippen molar-refractivity contribution in [2.75, 3.05) is 10.5 Å². The third-order valence-electron chi connectivity index (χ3n) is 1.43. The van der Waals surface area contributed by atoms with Crippen LogP contribution in [0.3, 0.4) is 0 Å². The first-order valence-corrected chi connectivity index (χ1v) is 7.37. The summed E-state index contributed by atoms with van der Waals surface area (Å²) in [5.41, 5.74) is 0. The number of nitrogens with zero attached hydrogens (tertiary/aromatic N) is 2. The van der Waals surface area contributed by atoms with Crippen molar-refractivity contribution in [1.29, 1.82) is 0 Å². The molecular formula is C7H9Br2N3O2S. The number of nitrogens with one attached hydrogen (secondary N) is 1. The molecule has 1 N–H and O–H groups in total. The largest absolute Gasteiger partial charge is 0.265 e. The van der Waals surface area contributed by atoms with Crippen LogP contribution in [0, 0.1) is 0 Å². The van der Waals surface area contributed by atoms with Crippen LogP contribution in [-0.4, -0.2) is 24.1 Å². The van der Waals surface area contributed by atoms with Gasteiger partial charge in [0.25, 0.3) is 0 Å². The average Bonchev–Trinajstić information content (AvgIpc) is 2.09. The van der Waals surface area contributed by atoms with E-state index in [1.165, 1.54) is 6.20 Å². The van der Waals surface area contributed by atoms with Gasteiger partial charge in [0.15, 0.2) is 10.4 Å². The van der Waals surface area contributed by atoms with E-state index in [4.69, 9.17) is 0 Å². The molecule has 8 heteroatoms. The second-order valence-corrected chi connectivity index (χ2v) is 6.16. The molecule has 0 saturated heterocycles. The molecule has 0 aromatic carbocycles. The second-order valence-electron chi connectivity index (χ2n) is 2.75. The molecule has 0 fully saturated rings. The number of halogens is 2. The van der Waals surface area contributed by atoms with Gasteiger partial charge in [-0.05, 0) is 38.3 Å². The first-order chi connectivity index (χ1) is 6.94. The van der Waals surface area contributed by atoms with Gasteiger partial charge in [-0.25, -0.2) is 18.4 Å². The van der Waals surface area contributed by atoms with E-state index in [1.54, 1.807) is 6.92 Å². The Bertz CT molecular complexity index is 450. The lowest BCUT2D eigenvalue weighted by molar-refractivity contribution is 0.599. The molecule has 5 nitrogen and oxygen atoms in total. The number of aromatic nitrogens is 2. The fraction of sp³-hybridized carbons (Fsp3) is 0.429. The summed E-state index contributed by atoms with van der Waals surface area (Å²) >= 11 is 6.25. The zero-order chi connectivity index (χ0) is 11.5. The molecule has 0 atom stereocenters. The Morgan fingerprint density at radius 3 is 2.67 bits per heavy atom. The van der Waals surface area contributed by atoms with Crippen LogP contribution in [0.4, 0.5) is 5.82 Å². The highest BCUT2D eigenvalue weighted by Gasteiger charge is 2.12. The lowest BCUT2D eigenvalue weighted by Crippen LogP contribution is -2.17. The van der Waals surface area contributed by atoms with Crippen molar-refractivity contribution in [3.8, 4) is 0 Å². The Balaban J connectivity index is 2.90. The maximum absolute atomic E-state index is 11.4. The van der Waals surface area contributed by atoms with Gasteiger partial charge in [-0.15, -0.1) is 0 Å². The Kier molecular flexibility index (Phi) is 4.47. The third kappa shape index (κ3) is 4.04. The zero-order valence-corrected chi connectivity index (χ0v) is 11.9. The van der Waals surface area contributed by atoms with E-state index in [0.29, 0.717) is 15.6 Å². The quantitative estimate of drug-likeness (QED) is 0.895. The lowest BCUT2D eigenvalue weighted by Gasteiger charge is -2.06. The summed E-state index contributed by atoms with van der Waals surface area (Å²) in [5.74, 6) is 0.267. The predicted octanol–water partition coefficient (Wildman–Crippen LogP) is 2.15. The third-order valence-corrected chi connectivity index (χ3v) is 3.81. The maximum atomic E-state index is 11.4. The van der Waals surface area contributed by atoms with Crippen molar-refractivity contribution in [1.82, 2.24) is 9.97 Å². The van der Waals surface area contributed by atoms with Gasteiger partial charge in [-0.3, -0.25) is 4.72 Å². The minimum absolute atomic E-state index is 0.0667. The minimum Gasteiger partial charge on any atom is -0.265 e. The van der Waals surface area contributed by atoms with E-state index in [9.17, 15) is 8.42 Å². The summed E-state index contributed by atoms with van der Waals surface area (Å²) in [7, 11) is -3.32. The summed E-state index contributed by atoms with van der Waals surface area (Å²) in [6.45, 7) is 1.79. The highest BCUT2D eigenvalue weighted by atomic mass is 79.9. The Morgan fingerprint density at radius 2 is 2.13 bits per heavy atom. The molecular weight excluding hydrogens is 350 g/mol. The van der Waals surface area contributed by atoms with Crippen LogP contribution in [0.25, 0.3) is 0 Å². The van der Waals surface area contributed by atoms with Gasteiger partial charge in [0.2, 0.25) is 10.0 Å². The fourth-order valence-corrected chi connectivity index (χ4v) is 3.01. The van der Waals surface area contributed by atoms with Gasteiger partial charge in [0.05, 0.1) is 11.9 Å². The molecule has 1 aromatic heterocycles. The molecule has 0 aliphatic carbocycles. The van der Waals surface area contributed by atoms with E-state index in [1.807, 2.05) is 0 Å². The number of rotatable bonds is 4. The van der Waals surface area contributed by atoms with Crippen LogP contribution in [0.5, 0.6) is 0 Å². The minimum atomic E-state index is -3.32. The van der Waals surface area contributed by atoms with Crippen LogP contribution < -0.4 is 4.72 Å². The van der Waals surface area contributed by atoms with Gasteiger partial charge in [-0.1, -0.05) is 6.92 Å². The Hall–Kier alpha value is -0.210. The van der Waals surface area contributed by atoms with Gasteiger partial charge in [0, 0.05) is 0 Å². The van der Waals surface area contributed by atoms with Crippen LogP contribution in [-0.2, 0) is 10.0 Å².